The molecule has 0 saturated heterocycles. The second-order valence-corrected chi connectivity index (χ2v) is 7.49. The summed E-state index contributed by atoms with van der Waals surface area (Å²) < 4.78 is 14.5. The second-order valence-electron chi connectivity index (χ2n) is 7.49. The molecule has 1 heteroatoms. The Morgan fingerprint density at radius 1 is 0.920 bits per heavy atom. The first-order chi connectivity index (χ1) is 12.2. The smallest absolute Gasteiger partial charge is 0.127 e. The molecule has 0 aromatic heterocycles. The lowest BCUT2D eigenvalue weighted by Gasteiger charge is -2.20. The van der Waals surface area contributed by atoms with E-state index in [1.807, 2.05) is 6.07 Å². The molecule has 2 unspecified atom stereocenters. The molecule has 0 amide bonds. The Hall–Kier alpha value is -1.89. The number of aryl methyl sites for hydroxylation is 2. The zero-order valence-electron chi connectivity index (χ0n) is 15.5. The quantitative estimate of drug-likeness (QED) is 0.499. The van der Waals surface area contributed by atoms with Gasteiger partial charge in [0.15, 0.2) is 0 Å². The van der Waals surface area contributed by atoms with E-state index in [4.69, 9.17) is 0 Å². The van der Waals surface area contributed by atoms with Gasteiger partial charge < -0.3 is 0 Å². The summed E-state index contributed by atoms with van der Waals surface area (Å²) in [4.78, 5) is 0. The van der Waals surface area contributed by atoms with Crippen LogP contribution in [0.2, 0.25) is 0 Å². The normalized spacial score (nSPS) is 20.0. The molecule has 0 nitrogen and oxygen atoms in total. The van der Waals surface area contributed by atoms with E-state index in [1.165, 1.54) is 18.4 Å². The number of allylic oxidation sites excluding steroid dienone is 2. The molecular formula is C24H29F. The molecule has 2 aromatic carbocycles. The molecule has 2 aromatic rings. The Morgan fingerprint density at radius 3 is 2.32 bits per heavy atom. The van der Waals surface area contributed by atoms with Gasteiger partial charge in [-0.2, -0.15) is 0 Å². The van der Waals surface area contributed by atoms with Gasteiger partial charge in [-0.3, -0.25) is 0 Å². The maximum atomic E-state index is 14.5. The van der Waals surface area contributed by atoms with E-state index in [1.54, 1.807) is 6.07 Å². The third-order valence-electron chi connectivity index (χ3n) is 5.37. The van der Waals surface area contributed by atoms with Crippen molar-refractivity contribution in [3.63, 3.8) is 0 Å². The molecule has 0 N–H and O–H groups in total. The predicted molar refractivity (Wildman–Crippen MR) is 105 cm³/mol. The van der Waals surface area contributed by atoms with Crippen molar-refractivity contribution in [1.29, 1.82) is 0 Å². The van der Waals surface area contributed by atoms with Gasteiger partial charge in [0, 0.05) is 0 Å². The second kappa shape index (κ2) is 8.47. The van der Waals surface area contributed by atoms with Crippen LogP contribution in [0.3, 0.4) is 0 Å². The van der Waals surface area contributed by atoms with Crippen molar-refractivity contribution in [2.75, 3.05) is 0 Å². The van der Waals surface area contributed by atoms with Gasteiger partial charge in [0.2, 0.25) is 0 Å². The third kappa shape index (κ3) is 4.81. The number of hydrogen-bond acceptors (Lipinski definition) is 0. The van der Waals surface area contributed by atoms with Crippen LogP contribution in [0, 0.1) is 17.7 Å². The summed E-state index contributed by atoms with van der Waals surface area (Å²) >= 11 is 0. The Bertz CT molecular complexity index is 711. The lowest BCUT2D eigenvalue weighted by molar-refractivity contribution is 0.450. The molecule has 1 aliphatic rings. The Morgan fingerprint density at radius 2 is 1.68 bits per heavy atom. The lowest BCUT2D eigenvalue weighted by Crippen LogP contribution is -2.07. The van der Waals surface area contributed by atoms with Gasteiger partial charge in [-0.05, 0) is 72.3 Å². The van der Waals surface area contributed by atoms with E-state index >= 15 is 0 Å². The monoisotopic (exact) mass is 336 g/mol. The molecule has 0 spiro atoms. The first-order valence-electron chi connectivity index (χ1n) is 9.71. The van der Waals surface area contributed by atoms with Crippen LogP contribution in [-0.4, -0.2) is 0 Å². The summed E-state index contributed by atoms with van der Waals surface area (Å²) in [6.45, 7) is 4.45. The molecule has 1 aliphatic carbocycles. The lowest BCUT2D eigenvalue weighted by atomic mass is 9.86. The minimum Gasteiger partial charge on any atom is -0.207 e. The maximum absolute atomic E-state index is 14.5. The van der Waals surface area contributed by atoms with Crippen LogP contribution in [0.25, 0.3) is 11.1 Å². The summed E-state index contributed by atoms with van der Waals surface area (Å²) in [5, 5.41) is 0. The molecule has 2 atom stereocenters. The summed E-state index contributed by atoms with van der Waals surface area (Å²) in [6, 6.07) is 14.2. The summed E-state index contributed by atoms with van der Waals surface area (Å²) in [5.41, 5.74) is 4.25. The van der Waals surface area contributed by atoms with Crippen LogP contribution in [0.15, 0.2) is 54.6 Å². The number of rotatable bonds is 6. The van der Waals surface area contributed by atoms with Crippen LogP contribution in [0.4, 0.5) is 4.39 Å². The fourth-order valence-electron chi connectivity index (χ4n) is 3.68. The fourth-order valence-corrected chi connectivity index (χ4v) is 3.68. The third-order valence-corrected chi connectivity index (χ3v) is 5.37. The zero-order chi connectivity index (χ0) is 17.6. The van der Waals surface area contributed by atoms with E-state index in [0.29, 0.717) is 11.8 Å². The van der Waals surface area contributed by atoms with Gasteiger partial charge >= 0.3 is 0 Å². The van der Waals surface area contributed by atoms with Crippen LogP contribution < -0.4 is 0 Å². The average molecular weight is 336 g/mol. The highest BCUT2D eigenvalue weighted by atomic mass is 19.1. The highest BCUT2D eigenvalue weighted by molar-refractivity contribution is 5.64. The van der Waals surface area contributed by atoms with Crippen molar-refractivity contribution >= 4 is 0 Å². The maximum Gasteiger partial charge on any atom is 0.127 e. The van der Waals surface area contributed by atoms with Crippen molar-refractivity contribution in [1.82, 2.24) is 0 Å². The molecule has 0 aliphatic heterocycles. The largest absolute Gasteiger partial charge is 0.207 e. The molecule has 0 saturated carbocycles. The predicted octanol–water partition coefficient (Wildman–Crippen LogP) is 6.98. The van der Waals surface area contributed by atoms with E-state index in [0.717, 1.165) is 42.4 Å². The van der Waals surface area contributed by atoms with Crippen LogP contribution in [0.1, 0.15) is 50.7 Å². The van der Waals surface area contributed by atoms with Crippen molar-refractivity contribution in [3.05, 3.63) is 71.6 Å². The summed E-state index contributed by atoms with van der Waals surface area (Å²) in [5.74, 6) is 1.25. The first-order valence-corrected chi connectivity index (χ1v) is 9.71. The highest BCUT2D eigenvalue weighted by Crippen LogP contribution is 2.27. The van der Waals surface area contributed by atoms with E-state index in [2.05, 4.69) is 56.3 Å². The van der Waals surface area contributed by atoms with Crippen LogP contribution >= 0.6 is 0 Å². The molecule has 0 radical (unpaired) electrons. The number of hydrogen-bond donors (Lipinski definition) is 0. The standard InChI is InChI=1S/C24H29F/c1-3-4-19-9-12-21(13-10-19)23-16-15-22(24(25)17-23)14-11-20-7-5-18(2)6-8-20/h5,7,9-10,12-13,15-18,20H,3-4,6,8,11,14H2,1-2H3. The summed E-state index contributed by atoms with van der Waals surface area (Å²) in [6.07, 6.45) is 11.3. The highest BCUT2D eigenvalue weighted by Gasteiger charge is 2.14. The summed E-state index contributed by atoms with van der Waals surface area (Å²) in [7, 11) is 0. The Kier molecular flexibility index (Phi) is 6.07. The number of benzene rings is 2. The fraction of sp³-hybridized carbons (Fsp3) is 0.417. The SMILES string of the molecule is CCCc1ccc(-c2ccc(CCC3C=CC(C)CC3)c(F)c2)cc1. The van der Waals surface area contributed by atoms with Crippen LogP contribution in [0.5, 0.6) is 0 Å². The molecule has 0 bridgehead atoms. The topological polar surface area (TPSA) is 0 Å². The molecule has 25 heavy (non-hydrogen) atoms. The average Bonchev–Trinajstić information content (AvgIpc) is 2.63. The minimum atomic E-state index is -0.0664. The van der Waals surface area contributed by atoms with E-state index in [9.17, 15) is 4.39 Å². The van der Waals surface area contributed by atoms with Crippen molar-refractivity contribution < 1.29 is 4.39 Å². The van der Waals surface area contributed by atoms with Gasteiger partial charge in [-0.25, -0.2) is 4.39 Å². The molecular weight excluding hydrogens is 307 g/mol. The van der Waals surface area contributed by atoms with Crippen molar-refractivity contribution in [3.8, 4) is 11.1 Å². The molecule has 0 heterocycles. The Labute approximate surface area is 151 Å². The Balaban J connectivity index is 1.65. The number of halogens is 1. The van der Waals surface area contributed by atoms with Gasteiger partial charge in [0.1, 0.15) is 5.82 Å². The van der Waals surface area contributed by atoms with Gasteiger partial charge in [0.05, 0.1) is 0 Å². The molecule has 132 valence electrons. The van der Waals surface area contributed by atoms with Crippen LogP contribution in [-0.2, 0) is 12.8 Å². The molecule has 3 rings (SSSR count). The molecule has 0 fully saturated rings. The minimum absolute atomic E-state index is 0.0664. The zero-order valence-corrected chi connectivity index (χ0v) is 15.5. The van der Waals surface area contributed by atoms with E-state index in [-0.39, 0.29) is 5.82 Å². The first kappa shape index (κ1) is 17.9. The van der Waals surface area contributed by atoms with Gasteiger partial charge in [0.25, 0.3) is 0 Å². The van der Waals surface area contributed by atoms with Crippen molar-refractivity contribution in [2.45, 2.75) is 52.4 Å². The van der Waals surface area contributed by atoms with Gasteiger partial charge in [-0.15, -0.1) is 0 Å². The van der Waals surface area contributed by atoms with E-state index < -0.39 is 0 Å². The van der Waals surface area contributed by atoms with Gasteiger partial charge in [-0.1, -0.05) is 68.8 Å². The van der Waals surface area contributed by atoms with Crippen molar-refractivity contribution in [2.24, 2.45) is 11.8 Å².